The van der Waals surface area contributed by atoms with Crippen LogP contribution in [-0.2, 0) is 0 Å². The van der Waals surface area contributed by atoms with Gasteiger partial charge in [0.15, 0.2) is 11.4 Å². The molecule has 0 aliphatic heterocycles. The highest BCUT2D eigenvalue weighted by Gasteiger charge is 2.19. The van der Waals surface area contributed by atoms with Gasteiger partial charge in [-0.2, -0.15) is 5.26 Å². The zero-order chi connectivity index (χ0) is 11.9. The fourth-order valence-electron chi connectivity index (χ4n) is 1.67. The van der Waals surface area contributed by atoms with Crippen LogP contribution < -0.4 is 0 Å². The lowest BCUT2D eigenvalue weighted by Crippen LogP contribution is -1.86. The van der Waals surface area contributed by atoms with Gasteiger partial charge in [0.1, 0.15) is 23.2 Å². The molecule has 0 aliphatic rings. The average Bonchev–Trinajstić information content (AvgIpc) is 2.56. The Kier molecular flexibility index (Phi) is 2.39. The van der Waals surface area contributed by atoms with E-state index in [1.807, 2.05) is 19.9 Å². The van der Waals surface area contributed by atoms with Crippen LogP contribution >= 0.6 is 0 Å². The van der Waals surface area contributed by atoms with Crippen molar-refractivity contribution in [2.24, 2.45) is 0 Å². The molecule has 0 spiro atoms. The van der Waals surface area contributed by atoms with E-state index >= 15 is 0 Å². The summed E-state index contributed by atoms with van der Waals surface area (Å²) in [6.45, 7) is 3.65. The zero-order valence-corrected chi connectivity index (χ0v) is 8.84. The van der Waals surface area contributed by atoms with Crippen molar-refractivity contribution < 1.29 is 13.2 Å². The van der Waals surface area contributed by atoms with Gasteiger partial charge in [0.2, 0.25) is 0 Å². The Morgan fingerprint density at radius 3 is 2.56 bits per heavy atom. The number of benzene rings is 1. The molecule has 2 aromatic rings. The molecule has 82 valence electrons. The van der Waals surface area contributed by atoms with Gasteiger partial charge in [-0.1, -0.05) is 13.8 Å². The molecule has 0 amide bonds. The first-order chi connectivity index (χ1) is 7.54. The summed E-state index contributed by atoms with van der Waals surface area (Å²) in [6.07, 6.45) is 0. The molecule has 0 unspecified atom stereocenters. The van der Waals surface area contributed by atoms with E-state index in [2.05, 4.69) is 0 Å². The van der Waals surface area contributed by atoms with Crippen LogP contribution in [0, 0.1) is 23.0 Å². The van der Waals surface area contributed by atoms with E-state index < -0.39 is 11.6 Å². The van der Waals surface area contributed by atoms with E-state index in [0.29, 0.717) is 5.76 Å². The third-order valence-electron chi connectivity index (χ3n) is 2.37. The van der Waals surface area contributed by atoms with Crippen molar-refractivity contribution in [2.45, 2.75) is 19.8 Å². The number of nitrogens with zero attached hydrogens (tertiary/aromatic N) is 1. The van der Waals surface area contributed by atoms with Gasteiger partial charge >= 0.3 is 0 Å². The smallest absolute Gasteiger partial charge is 0.171 e. The van der Waals surface area contributed by atoms with E-state index in [0.717, 1.165) is 12.1 Å². The molecule has 1 aromatic heterocycles. The van der Waals surface area contributed by atoms with Gasteiger partial charge in [-0.25, -0.2) is 8.78 Å². The number of nitriles is 1. The van der Waals surface area contributed by atoms with Crippen LogP contribution in [0.4, 0.5) is 8.78 Å². The molecule has 2 nitrogen and oxygen atoms in total. The molecule has 1 aromatic carbocycles. The standard InChI is InChI=1S/C12H9F2NO/c1-6(2)11-9(5-15)8-3-7(13)4-10(14)12(8)16-11/h3-4,6H,1-2H3. The fourth-order valence-corrected chi connectivity index (χ4v) is 1.67. The molecule has 2 rings (SSSR count). The highest BCUT2D eigenvalue weighted by atomic mass is 19.1. The topological polar surface area (TPSA) is 36.9 Å². The molecule has 1 heterocycles. The predicted octanol–water partition coefficient (Wildman–Crippen LogP) is 3.71. The lowest BCUT2D eigenvalue weighted by atomic mass is 10.1. The van der Waals surface area contributed by atoms with Crippen molar-refractivity contribution in [3.8, 4) is 6.07 Å². The summed E-state index contributed by atoms with van der Waals surface area (Å²) in [5.74, 6) is -1.15. The molecule has 0 bridgehead atoms. The monoisotopic (exact) mass is 221 g/mol. The van der Waals surface area contributed by atoms with Crippen LogP contribution in [0.2, 0.25) is 0 Å². The van der Waals surface area contributed by atoms with Crippen LogP contribution in [0.3, 0.4) is 0 Å². The molecule has 0 saturated carbocycles. The third kappa shape index (κ3) is 1.45. The van der Waals surface area contributed by atoms with Crippen LogP contribution in [0.15, 0.2) is 16.5 Å². The summed E-state index contributed by atoms with van der Waals surface area (Å²) < 4.78 is 31.7. The summed E-state index contributed by atoms with van der Waals surface area (Å²) in [5.41, 5.74) is 0.157. The van der Waals surface area contributed by atoms with Crippen molar-refractivity contribution in [1.29, 1.82) is 5.26 Å². The molecule has 0 fully saturated rings. The van der Waals surface area contributed by atoms with Crippen LogP contribution in [0.1, 0.15) is 31.1 Å². The lowest BCUT2D eigenvalue weighted by molar-refractivity contribution is 0.495. The van der Waals surface area contributed by atoms with Gasteiger partial charge in [0, 0.05) is 17.4 Å². The summed E-state index contributed by atoms with van der Waals surface area (Å²) >= 11 is 0. The maximum Gasteiger partial charge on any atom is 0.171 e. The molecule has 4 heteroatoms. The second-order valence-electron chi connectivity index (χ2n) is 3.87. The molecule has 0 saturated heterocycles. The van der Waals surface area contributed by atoms with Gasteiger partial charge in [-0.15, -0.1) is 0 Å². The van der Waals surface area contributed by atoms with Crippen molar-refractivity contribution in [2.75, 3.05) is 0 Å². The fraction of sp³-hybridized carbons (Fsp3) is 0.250. The largest absolute Gasteiger partial charge is 0.456 e. The number of rotatable bonds is 1. The first kappa shape index (κ1) is 10.6. The average molecular weight is 221 g/mol. The van der Waals surface area contributed by atoms with Gasteiger partial charge in [0.05, 0.1) is 0 Å². The van der Waals surface area contributed by atoms with Gasteiger partial charge < -0.3 is 4.42 Å². The Morgan fingerprint density at radius 2 is 2.00 bits per heavy atom. The van der Waals surface area contributed by atoms with Crippen molar-refractivity contribution in [3.63, 3.8) is 0 Å². The Morgan fingerprint density at radius 1 is 1.31 bits per heavy atom. The SMILES string of the molecule is CC(C)c1oc2c(F)cc(F)cc2c1C#N. The van der Waals surface area contributed by atoms with Crippen LogP contribution in [-0.4, -0.2) is 0 Å². The molecule has 0 N–H and O–H groups in total. The maximum atomic E-state index is 13.4. The summed E-state index contributed by atoms with van der Waals surface area (Å²) in [4.78, 5) is 0. The zero-order valence-electron chi connectivity index (χ0n) is 8.84. The second-order valence-corrected chi connectivity index (χ2v) is 3.87. The summed E-state index contributed by atoms with van der Waals surface area (Å²) in [7, 11) is 0. The van der Waals surface area contributed by atoms with E-state index in [1.54, 1.807) is 0 Å². The van der Waals surface area contributed by atoms with Crippen LogP contribution in [0.25, 0.3) is 11.0 Å². The van der Waals surface area contributed by atoms with Gasteiger partial charge in [0.25, 0.3) is 0 Å². The summed E-state index contributed by atoms with van der Waals surface area (Å²) in [5, 5.41) is 9.18. The Hall–Kier alpha value is -1.89. The number of halogens is 2. The predicted molar refractivity (Wildman–Crippen MR) is 54.9 cm³/mol. The lowest BCUT2D eigenvalue weighted by Gasteiger charge is -1.98. The minimum Gasteiger partial charge on any atom is -0.456 e. The molecular weight excluding hydrogens is 212 g/mol. The molecule has 16 heavy (non-hydrogen) atoms. The molecule has 0 radical (unpaired) electrons. The van der Waals surface area contributed by atoms with E-state index in [1.165, 1.54) is 0 Å². The number of hydrogen-bond acceptors (Lipinski definition) is 2. The second kappa shape index (κ2) is 3.60. The Labute approximate surface area is 91.1 Å². The summed E-state index contributed by atoms with van der Waals surface area (Å²) in [6, 6.07) is 3.79. The van der Waals surface area contributed by atoms with Crippen molar-refractivity contribution >= 4 is 11.0 Å². The van der Waals surface area contributed by atoms with E-state index in [4.69, 9.17) is 9.68 Å². The normalized spacial score (nSPS) is 11.0. The number of furan rings is 1. The third-order valence-corrected chi connectivity index (χ3v) is 2.37. The highest BCUT2D eigenvalue weighted by molar-refractivity contribution is 5.85. The molecule has 0 atom stereocenters. The van der Waals surface area contributed by atoms with Crippen LogP contribution in [0.5, 0.6) is 0 Å². The molecule has 0 aliphatic carbocycles. The van der Waals surface area contributed by atoms with Crippen molar-refractivity contribution in [1.82, 2.24) is 0 Å². The van der Waals surface area contributed by atoms with Crippen molar-refractivity contribution in [3.05, 3.63) is 35.1 Å². The highest BCUT2D eigenvalue weighted by Crippen LogP contribution is 2.32. The van der Waals surface area contributed by atoms with Gasteiger partial charge in [-0.3, -0.25) is 0 Å². The molecular formula is C12H9F2NO. The van der Waals surface area contributed by atoms with E-state index in [-0.39, 0.29) is 22.5 Å². The van der Waals surface area contributed by atoms with E-state index in [9.17, 15) is 8.78 Å². The van der Waals surface area contributed by atoms with Gasteiger partial charge in [-0.05, 0) is 6.07 Å². The first-order valence-electron chi connectivity index (χ1n) is 4.86. The Bertz CT molecular complexity index is 593. The maximum absolute atomic E-state index is 13.4. The number of hydrogen-bond donors (Lipinski definition) is 0. The number of fused-ring (bicyclic) bond motifs is 1. The quantitative estimate of drug-likeness (QED) is 0.736. The Balaban J connectivity index is 2.89. The minimum atomic E-state index is -0.779. The first-order valence-corrected chi connectivity index (χ1v) is 4.86. The minimum absolute atomic E-state index is 0.0514.